The Bertz CT molecular complexity index is 770. The van der Waals surface area contributed by atoms with Crippen molar-refractivity contribution in [1.29, 1.82) is 0 Å². The van der Waals surface area contributed by atoms with Crippen molar-refractivity contribution in [1.82, 2.24) is 15.5 Å². The monoisotopic (exact) mass is 415 g/mol. The average molecular weight is 415 g/mol. The molecule has 0 aliphatic heterocycles. The molecule has 1 heterocycles. The molecule has 0 unspecified atom stereocenters. The van der Waals surface area contributed by atoms with E-state index in [0.29, 0.717) is 30.4 Å². The molecule has 0 bridgehead atoms. The number of hydrogen-bond donors (Lipinski definition) is 1. The standard InChI is InChI=1S/C17H19F2N3O5S/c1-11-21-14(22-27-11)9-28-10-16(24)25-8-15(23)20-7-6-12-2-4-13(5-3-12)26-17(18)19/h2-5,17H,6-10H2,1H3,(H,20,23). The zero-order chi connectivity index (χ0) is 20.4. The molecule has 2 aromatic rings. The number of thioether (sulfide) groups is 1. The number of nitrogens with zero attached hydrogens (tertiary/aromatic N) is 2. The van der Waals surface area contributed by atoms with Crippen LogP contribution in [0.25, 0.3) is 0 Å². The van der Waals surface area contributed by atoms with Crippen molar-refractivity contribution in [2.75, 3.05) is 18.9 Å². The van der Waals surface area contributed by atoms with Gasteiger partial charge in [-0.15, -0.1) is 11.8 Å². The second kappa shape index (κ2) is 11.2. The molecule has 0 fully saturated rings. The van der Waals surface area contributed by atoms with Gasteiger partial charge in [-0.3, -0.25) is 9.59 Å². The van der Waals surface area contributed by atoms with Crippen LogP contribution < -0.4 is 10.1 Å². The number of rotatable bonds is 11. The number of aromatic nitrogens is 2. The molecular weight excluding hydrogens is 396 g/mol. The van der Waals surface area contributed by atoms with Gasteiger partial charge in [0.1, 0.15) is 5.75 Å². The van der Waals surface area contributed by atoms with Crippen LogP contribution >= 0.6 is 11.8 Å². The van der Waals surface area contributed by atoms with E-state index < -0.39 is 18.5 Å². The quantitative estimate of drug-likeness (QED) is 0.557. The highest BCUT2D eigenvalue weighted by Gasteiger charge is 2.09. The Labute approximate surface area is 164 Å². The van der Waals surface area contributed by atoms with Gasteiger partial charge >= 0.3 is 12.6 Å². The minimum Gasteiger partial charge on any atom is -0.455 e. The van der Waals surface area contributed by atoms with E-state index in [0.717, 1.165) is 5.56 Å². The summed E-state index contributed by atoms with van der Waals surface area (Å²) < 4.78 is 38.1. The fourth-order valence-electron chi connectivity index (χ4n) is 2.05. The van der Waals surface area contributed by atoms with Crippen molar-refractivity contribution in [2.45, 2.75) is 25.7 Å². The third-order valence-electron chi connectivity index (χ3n) is 3.27. The highest BCUT2D eigenvalue weighted by molar-refractivity contribution is 7.99. The molecule has 152 valence electrons. The smallest absolute Gasteiger partial charge is 0.387 e. The average Bonchev–Trinajstić information content (AvgIpc) is 3.06. The number of halogens is 2. The molecule has 0 aliphatic rings. The van der Waals surface area contributed by atoms with Crippen LogP contribution in [0.3, 0.4) is 0 Å². The van der Waals surface area contributed by atoms with E-state index in [1.165, 1.54) is 23.9 Å². The van der Waals surface area contributed by atoms with Crippen molar-refractivity contribution in [3.63, 3.8) is 0 Å². The van der Waals surface area contributed by atoms with Crippen molar-refractivity contribution < 1.29 is 32.4 Å². The number of nitrogens with one attached hydrogen (secondary N) is 1. The Morgan fingerprint density at radius 3 is 2.68 bits per heavy atom. The summed E-state index contributed by atoms with van der Waals surface area (Å²) in [6, 6.07) is 6.12. The first-order valence-electron chi connectivity index (χ1n) is 8.25. The molecule has 1 N–H and O–H groups in total. The summed E-state index contributed by atoms with van der Waals surface area (Å²) in [6.07, 6.45) is 0.495. The van der Waals surface area contributed by atoms with Gasteiger partial charge in [0, 0.05) is 13.5 Å². The predicted molar refractivity (Wildman–Crippen MR) is 95.9 cm³/mol. The maximum Gasteiger partial charge on any atom is 0.387 e. The molecule has 0 aliphatic carbocycles. The fraction of sp³-hybridized carbons (Fsp3) is 0.412. The number of carbonyl (C=O) groups excluding carboxylic acids is 2. The first-order valence-corrected chi connectivity index (χ1v) is 9.41. The van der Waals surface area contributed by atoms with Gasteiger partial charge in [0.15, 0.2) is 12.4 Å². The summed E-state index contributed by atoms with van der Waals surface area (Å²) in [7, 11) is 0. The second-order valence-electron chi connectivity index (χ2n) is 5.51. The largest absolute Gasteiger partial charge is 0.455 e. The van der Waals surface area contributed by atoms with E-state index in [1.54, 1.807) is 19.1 Å². The molecule has 1 amide bonds. The Hall–Kier alpha value is -2.69. The van der Waals surface area contributed by atoms with E-state index in [-0.39, 0.29) is 18.1 Å². The van der Waals surface area contributed by atoms with E-state index in [4.69, 9.17) is 9.26 Å². The van der Waals surface area contributed by atoms with Gasteiger partial charge in [-0.25, -0.2) is 0 Å². The molecule has 1 aromatic carbocycles. The highest BCUT2D eigenvalue weighted by Crippen LogP contribution is 2.15. The summed E-state index contributed by atoms with van der Waals surface area (Å²) >= 11 is 1.25. The summed E-state index contributed by atoms with van der Waals surface area (Å²) in [4.78, 5) is 27.3. The number of aryl methyl sites for hydroxylation is 1. The summed E-state index contributed by atoms with van der Waals surface area (Å²) in [5.41, 5.74) is 0.840. The molecule has 11 heteroatoms. The number of ether oxygens (including phenoxy) is 2. The van der Waals surface area contributed by atoms with Gasteiger partial charge in [-0.1, -0.05) is 17.3 Å². The molecule has 28 heavy (non-hydrogen) atoms. The van der Waals surface area contributed by atoms with Crippen LogP contribution in [0.1, 0.15) is 17.3 Å². The Morgan fingerprint density at radius 2 is 2.04 bits per heavy atom. The van der Waals surface area contributed by atoms with E-state index >= 15 is 0 Å². The molecule has 0 saturated carbocycles. The summed E-state index contributed by atoms with van der Waals surface area (Å²) in [5, 5.41) is 6.31. The molecule has 8 nitrogen and oxygen atoms in total. The van der Waals surface area contributed by atoms with Gasteiger partial charge in [-0.05, 0) is 24.1 Å². The van der Waals surface area contributed by atoms with Crippen LogP contribution in [0.5, 0.6) is 5.75 Å². The van der Waals surface area contributed by atoms with Gasteiger partial charge in [-0.2, -0.15) is 13.8 Å². The lowest BCUT2D eigenvalue weighted by Gasteiger charge is -2.08. The number of carbonyl (C=O) groups is 2. The lowest BCUT2D eigenvalue weighted by Crippen LogP contribution is -2.30. The third-order valence-corrected chi connectivity index (χ3v) is 4.17. The molecule has 0 atom stereocenters. The van der Waals surface area contributed by atoms with Crippen molar-refractivity contribution in [2.24, 2.45) is 0 Å². The lowest BCUT2D eigenvalue weighted by molar-refractivity contribution is -0.145. The van der Waals surface area contributed by atoms with Crippen LogP contribution in [-0.4, -0.2) is 47.5 Å². The Morgan fingerprint density at radius 1 is 1.29 bits per heavy atom. The van der Waals surface area contributed by atoms with Gasteiger partial charge < -0.3 is 19.3 Å². The molecule has 0 radical (unpaired) electrons. The number of esters is 1. The van der Waals surface area contributed by atoms with Crippen LogP contribution in [-0.2, 0) is 26.5 Å². The molecule has 1 aromatic heterocycles. The van der Waals surface area contributed by atoms with E-state index in [9.17, 15) is 18.4 Å². The first kappa shape index (κ1) is 21.6. The van der Waals surface area contributed by atoms with E-state index in [2.05, 4.69) is 20.2 Å². The van der Waals surface area contributed by atoms with Gasteiger partial charge in [0.25, 0.3) is 5.91 Å². The Kier molecular flexibility index (Phi) is 8.66. The maximum absolute atomic E-state index is 12.1. The lowest BCUT2D eigenvalue weighted by atomic mass is 10.1. The number of alkyl halides is 2. The predicted octanol–water partition coefficient (Wildman–Crippen LogP) is 2.11. The van der Waals surface area contributed by atoms with Gasteiger partial charge in [0.05, 0.1) is 11.5 Å². The SMILES string of the molecule is Cc1nc(CSCC(=O)OCC(=O)NCCc2ccc(OC(F)F)cc2)no1. The molecule has 0 saturated heterocycles. The minimum absolute atomic E-state index is 0.0634. The van der Waals surface area contributed by atoms with Gasteiger partial charge in [0.2, 0.25) is 5.89 Å². The van der Waals surface area contributed by atoms with Crippen molar-refractivity contribution in [3.05, 3.63) is 41.5 Å². The van der Waals surface area contributed by atoms with Crippen LogP contribution in [0.2, 0.25) is 0 Å². The third kappa shape index (κ3) is 8.33. The fourth-order valence-corrected chi connectivity index (χ4v) is 2.70. The minimum atomic E-state index is -2.87. The van der Waals surface area contributed by atoms with Crippen LogP contribution in [0.15, 0.2) is 28.8 Å². The maximum atomic E-state index is 12.1. The summed E-state index contributed by atoms with van der Waals surface area (Å²) in [6.45, 7) is -1.25. The van der Waals surface area contributed by atoms with Crippen LogP contribution in [0, 0.1) is 6.92 Å². The highest BCUT2D eigenvalue weighted by atomic mass is 32.2. The summed E-state index contributed by atoms with van der Waals surface area (Å²) in [5.74, 6) is 0.532. The zero-order valence-electron chi connectivity index (χ0n) is 15.0. The first-order chi connectivity index (χ1) is 13.4. The number of benzene rings is 1. The molecule has 0 spiro atoms. The Balaban J connectivity index is 1.56. The normalized spacial score (nSPS) is 10.7. The van der Waals surface area contributed by atoms with E-state index in [1.807, 2.05) is 0 Å². The zero-order valence-corrected chi connectivity index (χ0v) is 15.8. The second-order valence-corrected chi connectivity index (χ2v) is 6.49. The topological polar surface area (TPSA) is 104 Å². The molecule has 2 rings (SSSR count). The van der Waals surface area contributed by atoms with Crippen molar-refractivity contribution >= 4 is 23.6 Å². The number of amides is 1. The number of hydrogen-bond acceptors (Lipinski definition) is 8. The molecular formula is C17H19F2N3O5S. The van der Waals surface area contributed by atoms with Crippen LogP contribution in [0.4, 0.5) is 8.78 Å². The van der Waals surface area contributed by atoms with Crippen molar-refractivity contribution in [3.8, 4) is 5.75 Å².